The minimum absolute atomic E-state index is 0.147. The lowest BCUT2D eigenvalue weighted by Gasteiger charge is -2.20. The maximum Gasteiger partial charge on any atom is 0.472 e. The zero-order chi connectivity index (χ0) is 44.2. The Labute approximate surface area is 364 Å². The van der Waals surface area contributed by atoms with Crippen molar-refractivity contribution in [3.05, 3.63) is 60.8 Å². The van der Waals surface area contributed by atoms with Crippen molar-refractivity contribution >= 4 is 25.7 Å². The molecule has 0 saturated carbocycles. The molecule has 3 atom stereocenters. The summed E-state index contributed by atoms with van der Waals surface area (Å²) in [5.41, 5.74) is 5.34. The fraction of sp³-hybridized carbons (Fsp3) is 0.729. The van der Waals surface area contributed by atoms with Crippen molar-refractivity contribution in [3.63, 3.8) is 0 Å². The van der Waals surface area contributed by atoms with Crippen molar-refractivity contribution < 1.29 is 47.5 Å². The maximum absolute atomic E-state index is 12.7. The molecule has 0 radical (unpaired) electrons. The topological polar surface area (TPSA) is 172 Å². The molecule has 0 rings (SSSR count). The van der Waals surface area contributed by atoms with Gasteiger partial charge in [-0.1, -0.05) is 164 Å². The van der Waals surface area contributed by atoms with Crippen LogP contribution in [0, 0.1) is 0 Å². The van der Waals surface area contributed by atoms with Crippen LogP contribution in [0.15, 0.2) is 60.8 Å². The summed E-state index contributed by atoms with van der Waals surface area (Å²) in [5, 5.41) is 8.90. The minimum Gasteiger partial charge on any atom is -0.480 e. The number of phosphoric acid groups is 1. The fourth-order valence-corrected chi connectivity index (χ4v) is 6.89. The normalized spacial score (nSPS) is 14.2. The molecule has 0 heterocycles. The van der Waals surface area contributed by atoms with Gasteiger partial charge < -0.3 is 25.2 Å². The van der Waals surface area contributed by atoms with Gasteiger partial charge in [0.2, 0.25) is 0 Å². The van der Waals surface area contributed by atoms with Gasteiger partial charge >= 0.3 is 25.7 Å². The van der Waals surface area contributed by atoms with E-state index in [0.29, 0.717) is 12.8 Å². The van der Waals surface area contributed by atoms with Crippen LogP contribution in [-0.4, -0.2) is 59.9 Å². The molecule has 4 N–H and O–H groups in total. The number of phosphoric ester groups is 1. The Morgan fingerprint density at radius 1 is 0.533 bits per heavy atom. The molecular weight excluding hydrogens is 781 g/mol. The van der Waals surface area contributed by atoms with Crippen LogP contribution in [0.5, 0.6) is 0 Å². The number of carbonyl (C=O) groups excluding carboxylic acids is 2. The molecule has 0 aromatic carbocycles. The molecule has 0 amide bonds. The van der Waals surface area contributed by atoms with Gasteiger partial charge in [-0.05, 0) is 77.0 Å². The SMILES string of the molecule is CC/C=C\C/C=C\C/C=C\CCCCCCCCCC(=O)OC(COC(=O)CCCCCCCCCCC/C=C\C/C=C\CCCCC)COP(=O)(O)OCC(N)C(=O)O. The van der Waals surface area contributed by atoms with Crippen molar-refractivity contribution in [2.45, 2.75) is 206 Å². The summed E-state index contributed by atoms with van der Waals surface area (Å²) >= 11 is 0. The lowest BCUT2D eigenvalue weighted by atomic mass is 10.1. The Morgan fingerprint density at radius 2 is 0.933 bits per heavy atom. The van der Waals surface area contributed by atoms with Gasteiger partial charge in [0.15, 0.2) is 6.10 Å². The van der Waals surface area contributed by atoms with Crippen LogP contribution in [0.4, 0.5) is 0 Å². The Morgan fingerprint density at radius 3 is 1.40 bits per heavy atom. The third-order valence-electron chi connectivity index (χ3n) is 9.75. The van der Waals surface area contributed by atoms with Crippen molar-refractivity contribution in [2.75, 3.05) is 19.8 Å². The van der Waals surface area contributed by atoms with Crippen molar-refractivity contribution in [1.82, 2.24) is 0 Å². The van der Waals surface area contributed by atoms with Gasteiger partial charge in [0.25, 0.3) is 0 Å². The highest BCUT2D eigenvalue weighted by Crippen LogP contribution is 2.43. The van der Waals surface area contributed by atoms with E-state index in [1.165, 1.54) is 64.2 Å². The largest absolute Gasteiger partial charge is 0.480 e. The quantitative estimate of drug-likeness (QED) is 0.0230. The molecule has 346 valence electrons. The first-order valence-electron chi connectivity index (χ1n) is 23.3. The average Bonchev–Trinajstić information content (AvgIpc) is 3.22. The number of hydrogen-bond acceptors (Lipinski definition) is 9. The number of nitrogens with two attached hydrogens (primary N) is 1. The number of hydrogen-bond donors (Lipinski definition) is 3. The second-order valence-electron chi connectivity index (χ2n) is 15.5. The van der Waals surface area contributed by atoms with E-state index in [1.807, 2.05) is 0 Å². The minimum atomic E-state index is -4.72. The van der Waals surface area contributed by atoms with E-state index in [9.17, 15) is 23.8 Å². The molecule has 0 fully saturated rings. The molecule has 0 aromatic heterocycles. The first kappa shape index (κ1) is 57.2. The highest BCUT2D eigenvalue weighted by Gasteiger charge is 2.28. The Kier molecular flexibility index (Phi) is 40.8. The van der Waals surface area contributed by atoms with E-state index in [2.05, 4.69) is 79.1 Å². The molecule has 0 spiro atoms. The Hall–Kier alpha value is -2.82. The van der Waals surface area contributed by atoms with Gasteiger partial charge in [0.1, 0.15) is 12.6 Å². The fourth-order valence-electron chi connectivity index (χ4n) is 6.11. The predicted octanol–water partition coefficient (Wildman–Crippen LogP) is 12.7. The number of carboxylic acid groups (broad SMARTS) is 1. The summed E-state index contributed by atoms with van der Waals surface area (Å²) in [6.07, 6.45) is 49.9. The summed E-state index contributed by atoms with van der Waals surface area (Å²) in [6, 6.07) is -1.53. The van der Waals surface area contributed by atoms with Crippen LogP contribution in [0.25, 0.3) is 0 Å². The summed E-state index contributed by atoms with van der Waals surface area (Å²) in [7, 11) is -4.72. The highest BCUT2D eigenvalue weighted by molar-refractivity contribution is 7.47. The zero-order valence-corrected chi connectivity index (χ0v) is 38.4. The van der Waals surface area contributed by atoms with Crippen molar-refractivity contribution in [2.24, 2.45) is 5.73 Å². The zero-order valence-electron chi connectivity index (χ0n) is 37.5. The van der Waals surface area contributed by atoms with Gasteiger partial charge in [-0.25, -0.2) is 4.57 Å². The monoisotopic (exact) mass is 866 g/mol. The van der Waals surface area contributed by atoms with E-state index < -0.39 is 51.1 Å². The van der Waals surface area contributed by atoms with Crippen LogP contribution in [0.1, 0.15) is 194 Å². The summed E-state index contributed by atoms with van der Waals surface area (Å²) in [4.78, 5) is 46.1. The van der Waals surface area contributed by atoms with Crippen LogP contribution in [0.2, 0.25) is 0 Å². The van der Waals surface area contributed by atoms with E-state index in [-0.39, 0.29) is 19.4 Å². The van der Waals surface area contributed by atoms with Crippen LogP contribution >= 0.6 is 7.82 Å². The van der Waals surface area contributed by atoms with E-state index >= 15 is 0 Å². The molecule has 0 saturated heterocycles. The number of ether oxygens (including phenoxy) is 2. The highest BCUT2D eigenvalue weighted by atomic mass is 31.2. The molecular formula is C48H84NO10P. The number of unbranched alkanes of at least 4 members (excludes halogenated alkanes) is 19. The third kappa shape index (κ3) is 41.9. The standard InChI is InChI=1S/C48H84NO10P/c1-3-5-7-9-11-13-15-17-19-21-22-24-25-27-29-31-33-35-37-39-46(50)56-41-44(42-57-60(54,55)58-43-45(49)48(52)53)59-47(51)40-38-36-34-32-30-28-26-23-20-18-16-14-12-10-8-6-4-2/h6,8,11-14,17-20,44-45H,3-5,7,9-10,15-16,21-43,49H2,1-2H3,(H,52,53)(H,54,55)/b8-6-,13-11-,14-12-,19-17-,20-18-. The van der Waals surface area contributed by atoms with Gasteiger partial charge in [-0.15, -0.1) is 0 Å². The molecule has 0 aromatic rings. The summed E-state index contributed by atoms with van der Waals surface area (Å²) in [6.45, 7) is 2.66. The molecule has 0 aliphatic carbocycles. The number of esters is 2. The second kappa shape index (κ2) is 42.9. The van der Waals surface area contributed by atoms with Gasteiger partial charge in [0.05, 0.1) is 13.2 Å². The number of carbonyl (C=O) groups is 3. The van der Waals surface area contributed by atoms with Crippen LogP contribution in [0.3, 0.4) is 0 Å². The Balaban J connectivity index is 4.33. The average molecular weight is 866 g/mol. The third-order valence-corrected chi connectivity index (χ3v) is 10.7. The van der Waals surface area contributed by atoms with Crippen LogP contribution in [-0.2, 0) is 37.5 Å². The predicted molar refractivity (Wildman–Crippen MR) is 245 cm³/mol. The maximum atomic E-state index is 12.7. The number of aliphatic carboxylic acids is 1. The van der Waals surface area contributed by atoms with E-state index in [0.717, 1.165) is 89.9 Å². The van der Waals surface area contributed by atoms with Gasteiger partial charge in [0, 0.05) is 12.8 Å². The Bertz CT molecular complexity index is 1250. The van der Waals surface area contributed by atoms with Gasteiger partial charge in [-0.2, -0.15) is 0 Å². The van der Waals surface area contributed by atoms with Crippen molar-refractivity contribution in [3.8, 4) is 0 Å². The molecule has 0 aliphatic heterocycles. The van der Waals surface area contributed by atoms with E-state index in [1.54, 1.807) is 0 Å². The van der Waals surface area contributed by atoms with Crippen molar-refractivity contribution in [1.29, 1.82) is 0 Å². The smallest absolute Gasteiger partial charge is 0.472 e. The first-order valence-corrected chi connectivity index (χ1v) is 24.8. The lowest BCUT2D eigenvalue weighted by molar-refractivity contribution is -0.161. The number of carboxylic acids is 1. The molecule has 11 nitrogen and oxygen atoms in total. The number of allylic oxidation sites excluding steroid dienone is 10. The second-order valence-corrected chi connectivity index (χ2v) is 17.0. The molecule has 60 heavy (non-hydrogen) atoms. The van der Waals surface area contributed by atoms with E-state index in [4.69, 9.17) is 24.8 Å². The lowest BCUT2D eigenvalue weighted by Crippen LogP contribution is -2.34. The molecule has 3 unspecified atom stereocenters. The summed E-state index contributed by atoms with van der Waals surface area (Å²) in [5.74, 6) is -2.40. The van der Waals surface area contributed by atoms with Gasteiger partial charge in [-0.3, -0.25) is 23.4 Å². The molecule has 0 aliphatic rings. The number of rotatable bonds is 43. The molecule has 12 heteroatoms. The molecule has 0 bridgehead atoms. The van der Waals surface area contributed by atoms with Crippen LogP contribution < -0.4 is 5.73 Å². The first-order chi connectivity index (χ1) is 29.1. The summed E-state index contributed by atoms with van der Waals surface area (Å²) < 4.78 is 32.8.